The molecule has 0 unspecified atom stereocenters. The average molecular weight is 376 g/mol. The van der Waals surface area contributed by atoms with Crippen LogP contribution in [0.1, 0.15) is 58.2 Å². The number of likely N-dealkylation sites (tertiary alicyclic amines) is 1. The van der Waals surface area contributed by atoms with Crippen molar-refractivity contribution in [1.29, 1.82) is 0 Å². The molecule has 2 rings (SSSR count). The molecule has 1 N–H and O–H groups in total. The van der Waals surface area contributed by atoms with Gasteiger partial charge < -0.3 is 19.7 Å². The molecule has 1 aromatic carbocycles. The fraction of sp³-hybridized carbons (Fsp3) is 0.619. The molecule has 1 fully saturated rings. The zero-order chi connectivity index (χ0) is 20.6. The van der Waals surface area contributed by atoms with E-state index in [2.05, 4.69) is 5.32 Å². The minimum Gasteiger partial charge on any atom is -0.444 e. The first-order valence-corrected chi connectivity index (χ1v) is 9.28. The molecule has 0 radical (unpaired) electrons. The minimum atomic E-state index is -0.685. The Morgan fingerprint density at radius 2 is 1.56 bits per heavy atom. The zero-order valence-corrected chi connectivity index (χ0v) is 17.7. The highest BCUT2D eigenvalue weighted by Gasteiger charge is 2.50. The summed E-state index contributed by atoms with van der Waals surface area (Å²) < 4.78 is 10.9. The monoisotopic (exact) mass is 376 g/mol. The predicted molar refractivity (Wildman–Crippen MR) is 105 cm³/mol. The van der Waals surface area contributed by atoms with Crippen molar-refractivity contribution in [2.24, 2.45) is 0 Å². The lowest BCUT2D eigenvalue weighted by molar-refractivity contribution is -0.0231. The van der Waals surface area contributed by atoms with E-state index < -0.39 is 22.8 Å². The van der Waals surface area contributed by atoms with Gasteiger partial charge in [0.05, 0.1) is 13.1 Å². The number of nitrogens with one attached hydrogen (secondary N) is 1. The number of hydrogen-bond acceptors (Lipinski definition) is 4. The fourth-order valence-electron chi connectivity index (χ4n) is 3.15. The molecular formula is C21H32N2O4. The van der Waals surface area contributed by atoms with E-state index in [1.54, 1.807) is 4.90 Å². The van der Waals surface area contributed by atoms with E-state index in [-0.39, 0.29) is 6.09 Å². The van der Waals surface area contributed by atoms with Crippen LogP contribution in [0.4, 0.5) is 9.59 Å². The van der Waals surface area contributed by atoms with Gasteiger partial charge >= 0.3 is 12.2 Å². The van der Waals surface area contributed by atoms with Crippen molar-refractivity contribution in [3.63, 3.8) is 0 Å². The quantitative estimate of drug-likeness (QED) is 0.837. The van der Waals surface area contributed by atoms with Crippen LogP contribution in [0.3, 0.4) is 0 Å². The number of carbonyl (C=O) groups excluding carboxylic acids is 2. The summed E-state index contributed by atoms with van der Waals surface area (Å²) in [6.45, 7) is 15.7. The van der Waals surface area contributed by atoms with E-state index in [4.69, 9.17) is 9.47 Å². The molecule has 0 saturated carbocycles. The number of nitrogens with zero attached hydrogens (tertiary/aromatic N) is 1. The fourth-order valence-corrected chi connectivity index (χ4v) is 3.15. The van der Waals surface area contributed by atoms with Gasteiger partial charge in [0.2, 0.25) is 0 Å². The lowest BCUT2D eigenvalue weighted by Gasteiger charge is -2.51. The highest BCUT2D eigenvalue weighted by atomic mass is 16.6. The first-order valence-electron chi connectivity index (χ1n) is 9.28. The highest BCUT2D eigenvalue weighted by molar-refractivity contribution is 5.74. The Morgan fingerprint density at radius 1 is 1.00 bits per heavy atom. The van der Waals surface area contributed by atoms with Crippen molar-refractivity contribution in [1.82, 2.24) is 10.2 Å². The maximum Gasteiger partial charge on any atom is 0.410 e. The van der Waals surface area contributed by atoms with Crippen LogP contribution in [0.5, 0.6) is 0 Å². The average Bonchev–Trinajstić information content (AvgIpc) is 2.41. The van der Waals surface area contributed by atoms with Crippen LogP contribution in [0, 0.1) is 13.8 Å². The van der Waals surface area contributed by atoms with Gasteiger partial charge in [0, 0.05) is 0 Å². The lowest BCUT2D eigenvalue weighted by atomic mass is 9.79. The van der Waals surface area contributed by atoms with Gasteiger partial charge in [-0.05, 0) is 72.1 Å². The summed E-state index contributed by atoms with van der Waals surface area (Å²) in [6, 6.07) is 5.99. The molecule has 0 atom stereocenters. The normalized spacial score (nSPS) is 16.4. The van der Waals surface area contributed by atoms with Gasteiger partial charge in [0.1, 0.15) is 16.7 Å². The summed E-state index contributed by atoms with van der Waals surface area (Å²) in [5.41, 5.74) is 1.38. The molecule has 1 heterocycles. The molecular weight excluding hydrogens is 344 g/mol. The smallest absolute Gasteiger partial charge is 0.410 e. The lowest BCUT2D eigenvalue weighted by Crippen LogP contribution is -2.69. The molecule has 6 heteroatoms. The van der Waals surface area contributed by atoms with Crippen molar-refractivity contribution in [3.05, 3.63) is 34.9 Å². The number of carbonyl (C=O) groups is 2. The Kier molecular flexibility index (Phi) is 5.51. The van der Waals surface area contributed by atoms with E-state index in [1.807, 2.05) is 73.6 Å². The van der Waals surface area contributed by atoms with Gasteiger partial charge in [-0.25, -0.2) is 9.59 Å². The first-order chi connectivity index (χ1) is 12.2. The van der Waals surface area contributed by atoms with Gasteiger partial charge in [-0.3, -0.25) is 0 Å². The molecule has 0 aromatic heterocycles. The molecule has 1 saturated heterocycles. The van der Waals surface area contributed by atoms with Crippen LogP contribution in [-0.4, -0.2) is 41.4 Å². The van der Waals surface area contributed by atoms with Crippen LogP contribution < -0.4 is 5.32 Å². The van der Waals surface area contributed by atoms with Crippen molar-refractivity contribution >= 4 is 12.2 Å². The summed E-state index contributed by atoms with van der Waals surface area (Å²) in [5.74, 6) is 0. The van der Waals surface area contributed by atoms with Gasteiger partial charge in [-0.2, -0.15) is 0 Å². The standard InChI is InChI=1S/C21H32N2O4/c1-14-10-9-11-16(15(14)2)21(22-17(24)26-19(3,4)5)12-23(13-21)18(25)27-20(6,7)8/h9-11H,12-13H2,1-8H3,(H,22,24). The summed E-state index contributed by atoms with van der Waals surface area (Å²) in [7, 11) is 0. The number of hydrogen-bond donors (Lipinski definition) is 1. The van der Waals surface area contributed by atoms with Crippen molar-refractivity contribution in [3.8, 4) is 0 Å². The highest BCUT2D eigenvalue weighted by Crippen LogP contribution is 2.36. The van der Waals surface area contributed by atoms with E-state index in [0.717, 1.165) is 16.7 Å². The Labute approximate surface area is 162 Å². The Bertz CT molecular complexity index is 723. The number of benzene rings is 1. The topological polar surface area (TPSA) is 67.9 Å². The minimum absolute atomic E-state index is 0.339. The van der Waals surface area contributed by atoms with E-state index >= 15 is 0 Å². The Balaban J connectivity index is 2.26. The molecule has 1 aromatic rings. The summed E-state index contributed by atoms with van der Waals surface area (Å²) >= 11 is 0. The molecule has 1 aliphatic rings. The maximum atomic E-state index is 12.5. The molecule has 2 amide bonds. The number of alkyl carbamates (subject to hydrolysis) is 1. The van der Waals surface area contributed by atoms with Gasteiger partial charge in [0.15, 0.2) is 0 Å². The van der Waals surface area contributed by atoms with Crippen LogP contribution in [0.25, 0.3) is 0 Å². The second-order valence-corrected chi connectivity index (χ2v) is 9.29. The van der Waals surface area contributed by atoms with E-state index in [0.29, 0.717) is 13.1 Å². The van der Waals surface area contributed by atoms with Gasteiger partial charge in [-0.1, -0.05) is 18.2 Å². The SMILES string of the molecule is Cc1cccc(C2(NC(=O)OC(C)(C)C)CN(C(=O)OC(C)(C)C)C2)c1C. The number of ether oxygens (including phenoxy) is 2. The Hall–Kier alpha value is -2.24. The third-order valence-electron chi connectivity index (χ3n) is 4.43. The van der Waals surface area contributed by atoms with E-state index in [9.17, 15) is 9.59 Å². The molecule has 150 valence electrons. The third kappa shape index (κ3) is 5.15. The third-order valence-corrected chi connectivity index (χ3v) is 4.43. The van der Waals surface area contributed by atoms with Crippen LogP contribution in [-0.2, 0) is 15.0 Å². The molecule has 0 bridgehead atoms. The van der Waals surface area contributed by atoms with Crippen molar-refractivity contribution < 1.29 is 19.1 Å². The van der Waals surface area contributed by atoms with Crippen LogP contribution in [0.2, 0.25) is 0 Å². The molecule has 0 aliphatic carbocycles. The van der Waals surface area contributed by atoms with Crippen molar-refractivity contribution in [2.75, 3.05) is 13.1 Å². The summed E-state index contributed by atoms with van der Waals surface area (Å²) in [4.78, 5) is 26.5. The second kappa shape index (κ2) is 7.06. The molecule has 27 heavy (non-hydrogen) atoms. The molecule has 0 spiro atoms. The van der Waals surface area contributed by atoms with E-state index in [1.165, 1.54) is 0 Å². The molecule has 1 aliphatic heterocycles. The largest absolute Gasteiger partial charge is 0.444 e. The Morgan fingerprint density at radius 3 is 2.07 bits per heavy atom. The first kappa shape index (κ1) is 21.1. The van der Waals surface area contributed by atoms with Gasteiger partial charge in [0.25, 0.3) is 0 Å². The second-order valence-electron chi connectivity index (χ2n) is 9.29. The maximum absolute atomic E-state index is 12.5. The predicted octanol–water partition coefficient (Wildman–Crippen LogP) is 4.27. The van der Waals surface area contributed by atoms with Crippen LogP contribution >= 0.6 is 0 Å². The summed E-state index contributed by atoms with van der Waals surface area (Å²) in [6.07, 6.45) is -0.873. The number of aryl methyl sites for hydroxylation is 1. The van der Waals surface area contributed by atoms with Crippen molar-refractivity contribution in [2.45, 2.75) is 72.1 Å². The number of rotatable bonds is 2. The zero-order valence-electron chi connectivity index (χ0n) is 17.7. The van der Waals surface area contributed by atoms with Gasteiger partial charge in [-0.15, -0.1) is 0 Å². The number of amides is 2. The van der Waals surface area contributed by atoms with Crippen LogP contribution in [0.15, 0.2) is 18.2 Å². The molecule has 6 nitrogen and oxygen atoms in total. The summed E-state index contributed by atoms with van der Waals surface area (Å²) in [5, 5.41) is 3.01.